The molecule has 0 saturated heterocycles. The van der Waals surface area contributed by atoms with Crippen LogP contribution < -0.4 is 5.69 Å². The van der Waals surface area contributed by atoms with Crippen molar-refractivity contribution in [3.05, 3.63) is 80.4 Å². The lowest BCUT2D eigenvalue weighted by Crippen LogP contribution is -2.37. The van der Waals surface area contributed by atoms with E-state index in [1.807, 2.05) is 0 Å². The Morgan fingerprint density at radius 3 is 2.51 bits per heavy atom. The second-order valence-corrected chi connectivity index (χ2v) is 7.58. The minimum Gasteiger partial charge on any atom is -0.382 e. The number of hydrogen-bond acceptors (Lipinski definition) is 8. The number of halogens is 4. The zero-order valence-corrected chi connectivity index (χ0v) is 18.1. The molecular weight excluding hydrogens is 497 g/mol. The van der Waals surface area contributed by atoms with Gasteiger partial charge in [-0.1, -0.05) is 11.6 Å². The van der Waals surface area contributed by atoms with Gasteiger partial charge in [-0.2, -0.15) is 17.9 Å². The average Bonchev–Trinajstić information content (AvgIpc) is 3.39. The number of aliphatic hydroxyl groups is 1. The second-order valence-electron chi connectivity index (χ2n) is 7.15. The highest BCUT2D eigenvalue weighted by Gasteiger charge is 2.39. The van der Waals surface area contributed by atoms with Crippen molar-refractivity contribution in [1.82, 2.24) is 34.1 Å². The molecular formula is C19H14ClF3N8O4. The van der Waals surface area contributed by atoms with Gasteiger partial charge >= 0.3 is 17.6 Å². The van der Waals surface area contributed by atoms with Gasteiger partial charge in [-0.3, -0.25) is 14.7 Å². The van der Waals surface area contributed by atoms with E-state index in [9.17, 15) is 33.2 Å². The van der Waals surface area contributed by atoms with E-state index >= 15 is 0 Å². The summed E-state index contributed by atoms with van der Waals surface area (Å²) in [6.07, 6.45) is -5.32. The average molecular weight is 511 g/mol. The maximum atomic E-state index is 13.0. The van der Waals surface area contributed by atoms with Gasteiger partial charge in [0.25, 0.3) is 0 Å². The zero-order valence-electron chi connectivity index (χ0n) is 17.4. The highest BCUT2D eigenvalue weighted by Crippen LogP contribution is 2.24. The van der Waals surface area contributed by atoms with Crippen molar-refractivity contribution in [2.45, 2.75) is 25.4 Å². The molecule has 12 nitrogen and oxygen atoms in total. The molecule has 3 heterocycles. The smallest absolute Gasteiger partial charge is 0.382 e. The van der Waals surface area contributed by atoms with Gasteiger partial charge in [-0.25, -0.2) is 19.4 Å². The Balaban J connectivity index is 1.71. The lowest BCUT2D eigenvalue weighted by atomic mass is 10.2. The monoisotopic (exact) mass is 510 g/mol. The van der Waals surface area contributed by atoms with Crippen molar-refractivity contribution in [2.24, 2.45) is 0 Å². The highest BCUT2D eigenvalue weighted by molar-refractivity contribution is 6.30. The fourth-order valence-corrected chi connectivity index (χ4v) is 3.24. The van der Waals surface area contributed by atoms with Crippen molar-refractivity contribution < 1.29 is 23.2 Å². The van der Waals surface area contributed by atoms with E-state index in [-0.39, 0.29) is 35.3 Å². The largest absolute Gasteiger partial charge is 0.416 e. The maximum Gasteiger partial charge on any atom is 0.416 e. The van der Waals surface area contributed by atoms with Gasteiger partial charge in [0.1, 0.15) is 12.9 Å². The zero-order chi connectivity index (χ0) is 25.3. The summed E-state index contributed by atoms with van der Waals surface area (Å²) in [5.74, 6) is -0.283. The molecule has 4 rings (SSSR count). The molecule has 0 aliphatic heterocycles. The van der Waals surface area contributed by atoms with Crippen molar-refractivity contribution in [3.8, 4) is 17.2 Å². The molecule has 3 aromatic heterocycles. The summed E-state index contributed by atoms with van der Waals surface area (Å²) >= 11 is 5.86. The molecule has 0 spiro atoms. The van der Waals surface area contributed by atoms with Gasteiger partial charge in [-0.15, -0.1) is 10.2 Å². The van der Waals surface area contributed by atoms with Crippen LogP contribution >= 0.6 is 11.6 Å². The Bertz CT molecular complexity index is 1430. The summed E-state index contributed by atoms with van der Waals surface area (Å²) in [7, 11) is 0. The number of rotatable bonds is 7. The third kappa shape index (κ3) is 5.04. The summed E-state index contributed by atoms with van der Waals surface area (Å²) in [4.78, 5) is 31.4. The molecule has 0 aliphatic rings. The van der Waals surface area contributed by atoms with Crippen LogP contribution in [0.1, 0.15) is 5.82 Å². The van der Waals surface area contributed by atoms with Gasteiger partial charge in [0.15, 0.2) is 17.8 Å². The van der Waals surface area contributed by atoms with E-state index in [1.165, 1.54) is 42.6 Å². The van der Waals surface area contributed by atoms with Gasteiger partial charge in [0.2, 0.25) is 5.82 Å². The Morgan fingerprint density at radius 2 is 1.86 bits per heavy atom. The van der Waals surface area contributed by atoms with Crippen LogP contribution in [0, 0.1) is 10.1 Å². The predicted octanol–water partition coefficient (Wildman–Crippen LogP) is 2.22. The molecule has 16 heteroatoms. The first kappa shape index (κ1) is 24.0. The Labute approximate surface area is 198 Å². The fraction of sp³-hybridized carbons (Fsp3) is 0.211. The number of benzene rings is 1. The van der Waals surface area contributed by atoms with Gasteiger partial charge < -0.3 is 5.11 Å². The molecule has 35 heavy (non-hydrogen) atoms. The van der Waals surface area contributed by atoms with E-state index < -0.39 is 29.4 Å². The molecule has 1 aromatic carbocycles. The summed E-state index contributed by atoms with van der Waals surface area (Å²) in [5.41, 5.74) is -1.02. The molecule has 1 atom stereocenters. The molecule has 0 amide bonds. The van der Waals surface area contributed by atoms with Crippen molar-refractivity contribution in [3.63, 3.8) is 0 Å². The SMILES string of the molecule is O=c1n(Cc2ncn(-c3ncccc3[N+](=O)[O-])n2)nc(-c2ccc(Cl)cc2)n1C[C@H](O)C(F)(F)F. The predicted molar refractivity (Wildman–Crippen MR) is 114 cm³/mol. The van der Waals surface area contributed by atoms with Crippen molar-refractivity contribution in [1.29, 1.82) is 0 Å². The lowest BCUT2D eigenvalue weighted by molar-refractivity contribution is -0.384. The molecule has 0 bridgehead atoms. The number of alkyl halides is 3. The van der Waals surface area contributed by atoms with Crippen LogP contribution in [-0.2, 0) is 13.1 Å². The normalized spacial score (nSPS) is 12.6. The molecule has 0 aliphatic carbocycles. The number of aromatic nitrogens is 7. The third-order valence-corrected chi connectivity index (χ3v) is 5.02. The number of aliphatic hydroxyl groups excluding tert-OH is 1. The van der Waals surface area contributed by atoms with E-state index in [0.29, 0.717) is 9.59 Å². The molecule has 0 saturated carbocycles. The molecule has 0 unspecified atom stereocenters. The van der Waals surface area contributed by atoms with E-state index in [1.54, 1.807) is 0 Å². The van der Waals surface area contributed by atoms with E-state index in [0.717, 1.165) is 15.7 Å². The van der Waals surface area contributed by atoms with Crippen LogP contribution in [0.5, 0.6) is 0 Å². The summed E-state index contributed by atoms with van der Waals surface area (Å²) in [5, 5.41) is 29.3. The first-order valence-electron chi connectivity index (χ1n) is 9.73. The summed E-state index contributed by atoms with van der Waals surface area (Å²) in [6.45, 7) is -1.47. The minimum atomic E-state index is -4.96. The first-order chi connectivity index (χ1) is 16.5. The topological polar surface area (TPSA) is 147 Å². The number of nitro groups is 1. The Morgan fingerprint density at radius 1 is 1.14 bits per heavy atom. The van der Waals surface area contributed by atoms with Gasteiger partial charge in [0, 0.05) is 22.8 Å². The molecule has 182 valence electrons. The van der Waals surface area contributed by atoms with Crippen LogP contribution in [0.3, 0.4) is 0 Å². The van der Waals surface area contributed by atoms with Crippen LogP contribution in [-0.4, -0.2) is 56.4 Å². The highest BCUT2D eigenvalue weighted by atomic mass is 35.5. The fourth-order valence-electron chi connectivity index (χ4n) is 3.11. The molecule has 0 radical (unpaired) electrons. The number of pyridine rings is 1. The van der Waals surface area contributed by atoms with Crippen LogP contribution in [0.15, 0.2) is 53.7 Å². The maximum absolute atomic E-state index is 13.0. The third-order valence-electron chi connectivity index (χ3n) is 4.77. The summed E-state index contributed by atoms with van der Waals surface area (Å²) in [6, 6.07) is 8.44. The van der Waals surface area contributed by atoms with Gasteiger partial charge in [0.05, 0.1) is 11.5 Å². The molecule has 4 aromatic rings. The standard InChI is InChI=1S/C19H14ClF3N8O4/c20-12-5-3-11(4-6-12)16-27-29(18(33)28(16)8-14(32)19(21,22)23)9-15-25-10-30(26-15)17-13(31(34)35)2-1-7-24-17/h1-7,10,14,32H,8-9H2/t14-/m0/s1. The second kappa shape index (κ2) is 9.27. The number of hydrogen-bond donors (Lipinski definition) is 1. The molecule has 1 N–H and O–H groups in total. The molecule has 0 fully saturated rings. The quantitative estimate of drug-likeness (QED) is 0.294. The van der Waals surface area contributed by atoms with Crippen LogP contribution in [0.25, 0.3) is 17.2 Å². The van der Waals surface area contributed by atoms with E-state index in [2.05, 4.69) is 20.2 Å². The first-order valence-corrected chi connectivity index (χ1v) is 10.1. The number of nitrogens with zero attached hydrogens (tertiary/aromatic N) is 8. The minimum absolute atomic E-state index is 0.0178. The Kier molecular flexibility index (Phi) is 6.36. The van der Waals surface area contributed by atoms with Crippen molar-refractivity contribution >= 4 is 17.3 Å². The Hall–Kier alpha value is -4.11. The van der Waals surface area contributed by atoms with Gasteiger partial charge in [-0.05, 0) is 30.3 Å². The lowest BCUT2D eigenvalue weighted by Gasteiger charge is -2.15. The van der Waals surface area contributed by atoms with E-state index in [4.69, 9.17) is 11.6 Å². The van der Waals surface area contributed by atoms with Crippen LogP contribution in [0.4, 0.5) is 18.9 Å². The summed E-state index contributed by atoms with van der Waals surface area (Å²) < 4.78 is 41.5. The van der Waals surface area contributed by atoms with Crippen LogP contribution in [0.2, 0.25) is 5.02 Å². The van der Waals surface area contributed by atoms with Crippen molar-refractivity contribution in [2.75, 3.05) is 0 Å².